The number of nitrogens with zero attached hydrogens (tertiary/aromatic N) is 2. The zero-order valence-electron chi connectivity index (χ0n) is 24.6. The Morgan fingerprint density at radius 3 is 1.91 bits per heavy atom. The van der Waals surface area contributed by atoms with Gasteiger partial charge in [-0.15, -0.1) is 0 Å². The minimum absolute atomic E-state index is 0. The molecular formula is C39H32Cl2HfN2. The molecule has 0 aliphatic heterocycles. The van der Waals surface area contributed by atoms with Gasteiger partial charge in [-0.25, -0.2) is 0 Å². The number of hydrogen-bond acceptors (Lipinski definition) is 0. The van der Waals surface area contributed by atoms with E-state index in [1.807, 2.05) is 0 Å². The zero-order valence-corrected chi connectivity index (χ0v) is 29.7. The van der Waals surface area contributed by atoms with E-state index >= 15 is 0 Å². The van der Waals surface area contributed by atoms with Crippen LogP contribution < -0.4 is 24.8 Å². The Kier molecular flexibility index (Phi) is 7.85. The SMILES string of the molecule is Cc1cc2ccccc2n1C1=Cc2ccccc2[CH]1[Hf+2][CH]1C(n2c3c(c4ccccc42)CCCC3)=Cc2ccccc21.[Cl-].[Cl-]. The summed E-state index contributed by atoms with van der Waals surface area (Å²) in [6, 6.07) is 38.9. The van der Waals surface area contributed by atoms with Crippen molar-refractivity contribution in [1.29, 1.82) is 0 Å². The van der Waals surface area contributed by atoms with Crippen LogP contribution in [0.25, 0.3) is 45.4 Å². The Labute approximate surface area is 282 Å². The fourth-order valence-electron chi connectivity index (χ4n) is 7.94. The summed E-state index contributed by atoms with van der Waals surface area (Å²) in [5.41, 5.74) is 16.2. The first kappa shape index (κ1) is 29.6. The van der Waals surface area contributed by atoms with Gasteiger partial charge in [0.25, 0.3) is 0 Å². The van der Waals surface area contributed by atoms with Crippen LogP contribution in [0, 0.1) is 6.92 Å². The molecular weight excluding hydrogens is 746 g/mol. The van der Waals surface area contributed by atoms with Crippen LogP contribution in [-0.4, -0.2) is 9.13 Å². The van der Waals surface area contributed by atoms with Crippen LogP contribution in [0.15, 0.2) is 103 Å². The third-order valence-electron chi connectivity index (χ3n) is 9.74. The van der Waals surface area contributed by atoms with E-state index < -0.39 is 22.9 Å². The normalized spacial score (nSPS) is 18.0. The van der Waals surface area contributed by atoms with Crippen LogP contribution in [0.1, 0.15) is 59.4 Å². The topological polar surface area (TPSA) is 9.86 Å². The summed E-state index contributed by atoms with van der Waals surface area (Å²) in [7, 11) is 0. The molecule has 2 aromatic heterocycles. The standard InChI is InChI=1S/C21H18N.C18H14N.2ClH.Hf/c1-2-8-16-14-17(13-15(16)7-1)22-20-11-5-3-9-18(20)19-10-4-6-12-21(19)22;1-13-10-16-8-4-5-9-18(16)19(13)17-11-14-6-2-3-7-15(14)12-17;;;/h1-3,5,7-9,11,13-14H,4,6,10,12H2;2-12H,1H3;2*1H;/q;;;;+2/p-2. The van der Waals surface area contributed by atoms with Gasteiger partial charge in [-0.1, -0.05) is 0 Å². The molecule has 0 saturated heterocycles. The second-order valence-electron chi connectivity index (χ2n) is 12.1. The molecule has 2 nitrogen and oxygen atoms in total. The van der Waals surface area contributed by atoms with Gasteiger partial charge < -0.3 is 24.8 Å². The smallest absolute Gasteiger partial charge is 1.00 e. The van der Waals surface area contributed by atoms with Crippen LogP contribution in [0.5, 0.6) is 0 Å². The van der Waals surface area contributed by atoms with E-state index in [0.29, 0.717) is 7.35 Å². The molecule has 9 rings (SSSR count). The summed E-state index contributed by atoms with van der Waals surface area (Å²) in [5.74, 6) is 0. The molecule has 2 heterocycles. The summed E-state index contributed by atoms with van der Waals surface area (Å²) in [4.78, 5) is 0. The van der Waals surface area contributed by atoms with Crippen molar-refractivity contribution >= 4 is 45.4 Å². The first-order chi connectivity index (χ1) is 20.8. The number of aryl methyl sites for hydroxylation is 2. The molecule has 5 heteroatoms. The van der Waals surface area contributed by atoms with E-state index in [1.165, 1.54) is 81.3 Å². The molecule has 0 spiro atoms. The summed E-state index contributed by atoms with van der Waals surface area (Å²) >= 11 is -1.46. The number of allylic oxidation sites excluding steroid dienone is 2. The van der Waals surface area contributed by atoms with Gasteiger partial charge in [-0.2, -0.15) is 0 Å². The Morgan fingerprint density at radius 1 is 0.614 bits per heavy atom. The van der Waals surface area contributed by atoms with E-state index in [0.717, 1.165) is 0 Å². The van der Waals surface area contributed by atoms with E-state index in [4.69, 9.17) is 0 Å². The monoisotopic (exact) mass is 778 g/mol. The molecule has 0 fully saturated rings. The van der Waals surface area contributed by atoms with Crippen molar-refractivity contribution in [2.45, 2.75) is 40.0 Å². The van der Waals surface area contributed by atoms with Crippen molar-refractivity contribution in [3.8, 4) is 0 Å². The van der Waals surface area contributed by atoms with Crippen LogP contribution in [0.3, 0.4) is 0 Å². The van der Waals surface area contributed by atoms with Crippen molar-refractivity contribution in [3.05, 3.63) is 142 Å². The summed E-state index contributed by atoms with van der Waals surface area (Å²) in [5, 5.41) is 2.80. The molecule has 0 radical (unpaired) electrons. The molecule has 3 aliphatic carbocycles. The molecule has 0 amide bonds. The Hall–Kier alpha value is -3.11. The van der Waals surface area contributed by atoms with Crippen molar-refractivity contribution in [2.75, 3.05) is 0 Å². The molecule has 2 atom stereocenters. The quantitative estimate of drug-likeness (QED) is 0.242. The number of halogens is 2. The first-order valence-electron chi connectivity index (χ1n) is 15.3. The van der Waals surface area contributed by atoms with Crippen LogP contribution >= 0.6 is 0 Å². The number of rotatable bonds is 4. The minimum atomic E-state index is -1.46. The number of para-hydroxylation sites is 2. The molecule has 6 aromatic rings. The van der Waals surface area contributed by atoms with Crippen molar-refractivity contribution < 1.29 is 47.7 Å². The Morgan fingerprint density at radius 2 is 1.18 bits per heavy atom. The predicted octanol–water partition coefficient (Wildman–Crippen LogP) is 3.68. The molecule has 3 aliphatic rings. The summed E-state index contributed by atoms with van der Waals surface area (Å²) in [6.45, 7) is 2.28. The van der Waals surface area contributed by atoms with E-state index in [-0.39, 0.29) is 24.8 Å². The fourth-order valence-corrected chi connectivity index (χ4v) is 15.1. The van der Waals surface area contributed by atoms with Gasteiger partial charge in [0.1, 0.15) is 0 Å². The summed E-state index contributed by atoms with van der Waals surface area (Å²) < 4.78 is 6.30. The number of hydrogen-bond donors (Lipinski definition) is 0. The average molecular weight is 778 g/mol. The van der Waals surface area contributed by atoms with E-state index in [2.05, 4.69) is 131 Å². The van der Waals surface area contributed by atoms with Gasteiger partial charge in [-0.05, 0) is 0 Å². The first-order valence-corrected chi connectivity index (χ1v) is 19.5. The summed E-state index contributed by atoms with van der Waals surface area (Å²) in [6.07, 6.45) is 10.0. The maximum absolute atomic E-state index is 2.72. The molecule has 2 unspecified atom stereocenters. The van der Waals surface area contributed by atoms with Gasteiger partial charge in [0.05, 0.1) is 0 Å². The molecule has 0 N–H and O–H groups in total. The molecule has 0 saturated carbocycles. The maximum Gasteiger partial charge on any atom is -1.00 e. The van der Waals surface area contributed by atoms with Crippen LogP contribution in [0.2, 0.25) is 0 Å². The van der Waals surface area contributed by atoms with Gasteiger partial charge in [0.15, 0.2) is 0 Å². The second-order valence-corrected chi connectivity index (χ2v) is 17.4. The number of aromatic nitrogens is 2. The zero-order chi connectivity index (χ0) is 27.8. The Balaban J connectivity index is 0.00000156. The molecule has 216 valence electrons. The van der Waals surface area contributed by atoms with Crippen LogP contribution in [0.4, 0.5) is 0 Å². The average Bonchev–Trinajstić information content (AvgIpc) is 3.76. The minimum Gasteiger partial charge on any atom is -1.00 e. The second kappa shape index (κ2) is 11.7. The molecule has 4 aromatic carbocycles. The van der Waals surface area contributed by atoms with Crippen molar-refractivity contribution in [3.63, 3.8) is 0 Å². The molecule has 44 heavy (non-hydrogen) atoms. The maximum atomic E-state index is 2.72. The third-order valence-corrected chi connectivity index (χ3v) is 16.5. The fraction of sp³-hybridized carbons (Fsp3) is 0.179. The van der Waals surface area contributed by atoms with E-state index in [9.17, 15) is 0 Å². The molecule has 0 bridgehead atoms. The number of fused-ring (bicyclic) bond motifs is 6. The Bertz CT molecular complexity index is 2110. The van der Waals surface area contributed by atoms with E-state index in [1.54, 1.807) is 16.8 Å². The van der Waals surface area contributed by atoms with Gasteiger partial charge in [0, 0.05) is 0 Å². The van der Waals surface area contributed by atoms with Crippen molar-refractivity contribution in [2.24, 2.45) is 0 Å². The van der Waals surface area contributed by atoms with Crippen molar-refractivity contribution in [1.82, 2.24) is 9.13 Å². The van der Waals surface area contributed by atoms with Gasteiger partial charge in [-0.3, -0.25) is 0 Å². The predicted molar refractivity (Wildman–Crippen MR) is 172 cm³/mol. The number of benzene rings is 4. The van der Waals surface area contributed by atoms with Crippen LogP contribution in [-0.2, 0) is 35.7 Å². The third kappa shape index (κ3) is 4.46. The largest absolute Gasteiger partial charge is 1.00 e. The van der Waals surface area contributed by atoms with Gasteiger partial charge >= 0.3 is 260 Å². The van der Waals surface area contributed by atoms with Gasteiger partial charge in [0.2, 0.25) is 0 Å².